The lowest BCUT2D eigenvalue weighted by Crippen LogP contribution is -2.08. The molecule has 1 atom stereocenters. The summed E-state index contributed by atoms with van der Waals surface area (Å²) in [6.45, 7) is 2.52. The van der Waals surface area contributed by atoms with Crippen molar-refractivity contribution in [2.24, 2.45) is 5.73 Å². The minimum atomic E-state index is 0.0825. The normalized spacial score (nSPS) is 12.2. The van der Waals surface area contributed by atoms with E-state index in [2.05, 4.69) is 6.92 Å². The maximum Gasteiger partial charge on any atom is 0.119 e. The minimum absolute atomic E-state index is 0.0825. The number of rotatable bonds is 5. The van der Waals surface area contributed by atoms with Crippen molar-refractivity contribution in [1.29, 1.82) is 0 Å². The largest absolute Gasteiger partial charge is 0.489 e. The summed E-state index contributed by atoms with van der Waals surface area (Å²) < 4.78 is 5.71. The van der Waals surface area contributed by atoms with E-state index in [1.807, 2.05) is 36.4 Å². The zero-order valence-corrected chi connectivity index (χ0v) is 12.8. The third-order valence-corrected chi connectivity index (χ3v) is 3.88. The van der Waals surface area contributed by atoms with Crippen molar-refractivity contribution in [2.45, 2.75) is 26.0 Å². The molecule has 20 heavy (non-hydrogen) atoms. The third-order valence-electron chi connectivity index (χ3n) is 3.14. The molecule has 4 heteroatoms. The van der Waals surface area contributed by atoms with Gasteiger partial charge in [-0.25, -0.2) is 0 Å². The maximum absolute atomic E-state index is 5.97. The second-order valence-corrected chi connectivity index (χ2v) is 5.44. The molecule has 0 aliphatic carbocycles. The molecule has 0 saturated heterocycles. The standard InChI is InChI=1S/C16H17Cl2NO/c1-2-16(19)12-4-6-13(7-5-12)20-10-11-3-8-14(17)15(18)9-11/h3-9,16H,2,10,19H2,1H3/t16-/m1/s1. The molecule has 2 N–H and O–H groups in total. The molecule has 2 aromatic carbocycles. The fourth-order valence-electron chi connectivity index (χ4n) is 1.84. The zero-order valence-electron chi connectivity index (χ0n) is 11.3. The molecule has 2 nitrogen and oxygen atoms in total. The van der Waals surface area contributed by atoms with Crippen LogP contribution in [0.5, 0.6) is 5.75 Å². The van der Waals surface area contributed by atoms with E-state index in [0.717, 1.165) is 23.3 Å². The van der Waals surface area contributed by atoms with E-state index in [0.29, 0.717) is 16.7 Å². The highest BCUT2D eigenvalue weighted by atomic mass is 35.5. The molecule has 0 spiro atoms. The SMILES string of the molecule is CC[C@@H](N)c1ccc(OCc2ccc(Cl)c(Cl)c2)cc1. The van der Waals surface area contributed by atoms with Crippen LogP contribution >= 0.6 is 23.2 Å². The Morgan fingerprint density at radius 2 is 1.75 bits per heavy atom. The Kier molecular flexibility index (Phi) is 5.30. The molecule has 2 aromatic rings. The van der Waals surface area contributed by atoms with E-state index in [1.54, 1.807) is 6.07 Å². The molecule has 106 valence electrons. The number of hydrogen-bond donors (Lipinski definition) is 1. The molecule has 2 rings (SSSR count). The van der Waals surface area contributed by atoms with Gasteiger partial charge in [-0.3, -0.25) is 0 Å². The predicted octanol–water partition coefficient (Wildman–Crippen LogP) is 4.98. The number of nitrogens with two attached hydrogens (primary N) is 1. The summed E-state index contributed by atoms with van der Waals surface area (Å²) in [6.07, 6.45) is 0.920. The second kappa shape index (κ2) is 6.98. The topological polar surface area (TPSA) is 35.2 Å². The van der Waals surface area contributed by atoms with Crippen molar-refractivity contribution >= 4 is 23.2 Å². The summed E-state index contributed by atoms with van der Waals surface area (Å²) in [5, 5.41) is 1.09. The maximum atomic E-state index is 5.97. The van der Waals surface area contributed by atoms with Gasteiger partial charge in [-0.05, 0) is 41.8 Å². The van der Waals surface area contributed by atoms with Crippen LogP contribution in [0.4, 0.5) is 0 Å². The van der Waals surface area contributed by atoms with Crippen LogP contribution in [-0.2, 0) is 6.61 Å². The van der Waals surface area contributed by atoms with E-state index in [4.69, 9.17) is 33.7 Å². The molecule has 0 unspecified atom stereocenters. The van der Waals surface area contributed by atoms with E-state index >= 15 is 0 Å². The van der Waals surface area contributed by atoms with Crippen LogP contribution in [0.1, 0.15) is 30.5 Å². The Bertz CT molecular complexity index is 569. The van der Waals surface area contributed by atoms with Crippen LogP contribution in [-0.4, -0.2) is 0 Å². The molecule has 0 bridgehead atoms. The van der Waals surface area contributed by atoms with Crippen molar-refractivity contribution < 1.29 is 4.74 Å². The second-order valence-electron chi connectivity index (χ2n) is 4.62. The van der Waals surface area contributed by atoms with Gasteiger partial charge in [-0.1, -0.05) is 48.3 Å². The average Bonchev–Trinajstić information content (AvgIpc) is 2.48. The van der Waals surface area contributed by atoms with Gasteiger partial charge in [-0.15, -0.1) is 0 Å². The van der Waals surface area contributed by atoms with Crippen molar-refractivity contribution in [2.75, 3.05) is 0 Å². The van der Waals surface area contributed by atoms with Crippen LogP contribution < -0.4 is 10.5 Å². The van der Waals surface area contributed by atoms with Crippen LogP contribution in [0.25, 0.3) is 0 Å². The first-order chi connectivity index (χ1) is 9.60. The Hall–Kier alpha value is -1.22. The van der Waals surface area contributed by atoms with Crippen LogP contribution in [0.3, 0.4) is 0 Å². The molecule has 0 saturated carbocycles. The predicted molar refractivity (Wildman–Crippen MR) is 84.5 cm³/mol. The molecule has 0 heterocycles. The van der Waals surface area contributed by atoms with Crippen molar-refractivity contribution in [3.8, 4) is 5.75 Å². The Morgan fingerprint density at radius 1 is 1.05 bits per heavy atom. The first-order valence-electron chi connectivity index (χ1n) is 6.52. The fraction of sp³-hybridized carbons (Fsp3) is 0.250. The molecular formula is C16H17Cl2NO. The molecule has 0 amide bonds. The molecule has 0 aliphatic rings. The van der Waals surface area contributed by atoms with Gasteiger partial charge in [0.25, 0.3) is 0 Å². The van der Waals surface area contributed by atoms with E-state index in [-0.39, 0.29) is 6.04 Å². The number of benzene rings is 2. The minimum Gasteiger partial charge on any atom is -0.489 e. The van der Waals surface area contributed by atoms with Gasteiger partial charge < -0.3 is 10.5 Å². The van der Waals surface area contributed by atoms with Gasteiger partial charge in [0.1, 0.15) is 12.4 Å². The lowest BCUT2D eigenvalue weighted by Gasteiger charge is -2.11. The Balaban J connectivity index is 1.98. The van der Waals surface area contributed by atoms with Crippen molar-refractivity contribution in [3.63, 3.8) is 0 Å². The summed E-state index contributed by atoms with van der Waals surface area (Å²) in [6, 6.07) is 13.4. The van der Waals surface area contributed by atoms with Gasteiger partial charge in [0.05, 0.1) is 10.0 Å². The van der Waals surface area contributed by atoms with Crippen molar-refractivity contribution in [1.82, 2.24) is 0 Å². The van der Waals surface area contributed by atoms with Gasteiger partial charge in [0, 0.05) is 6.04 Å². The lowest BCUT2D eigenvalue weighted by molar-refractivity contribution is 0.306. The third kappa shape index (κ3) is 3.89. The van der Waals surface area contributed by atoms with Crippen LogP contribution in [0.2, 0.25) is 10.0 Å². The number of hydrogen-bond acceptors (Lipinski definition) is 2. The van der Waals surface area contributed by atoms with E-state index in [9.17, 15) is 0 Å². The number of halogens is 2. The highest BCUT2D eigenvalue weighted by Crippen LogP contribution is 2.24. The quantitative estimate of drug-likeness (QED) is 0.845. The summed E-state index contributed by atoms with van der Waals surface area (Å²) >= 11 is 11.8. The number of ether oxygens (including phenoxy) is 1. The first-order valence-corrected chi connectivity index (χ1v) is 7.28. The van der Waals surface area contributed by atoms with Gasteiger partial charge in [-0.2, -0.15) is 0 Å². The van der Waals surface area contributed by atoms with E-state index in [1.165, 1.54) is 0 Å². The zero-order chi connectivity index (χ0) is 14.5. The van der Waals surface area contributed by atoms with Gasteiger partial charge >= 0.3 is 0 Å². The van der Waals surface area contributed by atoms with Gasteiger partial charge in [0.2, 0.25) is 0 Å². The monoisotopic (exact) mass is 309 g/mol. The summed E-state index contributed by atoms with van der Waals surface area (Å²) in [4.78, 5) is 0. The first kappa shape index (κ1) is 15.2. The smallest absolute Gasteiger partial charge is 0.119 e. The summed E-state index contributed by atoms with van der Waals surface area (Å²) in [5.74, 6) is 0.808. The van der Waals surface area contributed by atoms with Gasteiger partial charge in [0.15, 0.2) is 0 Å². The fourth-order valence-corrected chi connectivity index (χ4v) is 2.16. The summed E-state index contributed by atoms with van der Waals surface area (Å²) in [5.41, 5.74) is 8.07. The van der Waals surface area contributed by atoms with Crippen molar-refractivity contribution in [3.05, 3.63) is 63.6 Å². The molecule has 0 aromatic heterocycles. The molecule has 0 radical (unpaired) electrons. The molecule has 0 aliphatic heterocycles. The Morgan fingerprint density at radius 3 is 2.35 bits per heavy atom. The van der Waals surface area contributed by atoms with Crippen LogP contribution in [0, 0.1) is 0 Å². The summed E-state index contributed by atoms with van der Waals surface area (Å²) in [7, 11) is 0. The van der Waals surface area contributed by atoms with Crippen LogP contribution in [0.15, 0.2) is 42.5 Å². The lowest BCUT2D eigenvalue weighted by atomic mass is 10.1. The molecular weight excluding hydrogens is 293 g/mol. The average molecular weight is 310 g/mol. The Labute approximate surface area is 129 Å². The molecule has 0 fully saturated rings. The van der Waals surface area contributed by atoms with E-state index < -0.39 is 0 Å². The highest BCUT2D eigenvalue weighted by molar-refractivity contribution is 6.42. The highest BCUT2D eigenvalue weighted by Gasteiger charge is 2.04.